The highest BCUT2D eigenvalue weighted by Crippen LogP contribution is 2.16. The van der Waals surface area contributed by atoms with Gasteiger partial charge in [-0.2, -0.15) is 0 Å². The number of nitrogens with one attached hydrogen (secondary N) is 2. The molecule has 1 aliphatic heterocycles. The van der Waals surface area contributed by atoms with Crippen LogP contribution < -0.4 is 10.6 Å². The van der Waals surface area contributed by atoms with Crippen LogP contribution in [0.3, 0.4) is 0 Å². The van der Waals surface area contributed by atoms with E-state index in [1.54, 1.807) is 0 Å². The Kier molecular flexibility index (Phi) is 5.41. The third-order valence-electron chi connectivity index (χ3n) is 3.19. The Hall–Kier alpha value is -1.10. The molecule has 1 fully saturated rings. The lowest BCUT2D eigenvalue weighted by atomic mass is 9.92. The number of hydrogen-bond acceptors (Lipinski definition) is 3. The van der Waals surface area contributed by atoms with Gasteiger partial charge in [-0.25, -0.2) is 4.79 Å². The molecule has 0 aromatic rings. The minimum absolute atomic E-state index is 0.0510. The molecule has 0 spiro atoms. The van der Waals surface area contributed by atoms with Crippen LogP contribution in [-0.2, 0) is 9.59 Å². The van der Waals surface area contributed by atoms with Crippen LogP contribution in [0.15, 0.2) is 0 Å². The molecule has 1 saturated heterocycles. The van der Waals surface area contributed by atoms with Gasteiger partial charge in [-0.3, -0.25) is 4.79 Å². The summed E-state index contributed by atoms with van der Waals surface area (Å²) in [5, 5.41) is 14.9. The molecule has 0 aromatic heterocycles. The normalized spacial score (nSPS) is 26.2. The Morgan fingerprint density at radius 1 is 1.53 bits per heavy atom. The van der Waals surface area contributed by atoms with E-state index in [1.807, 2.05) is 13.8 Å². The minimum atomic E-state index is -0.942. The maximum absolute atomic E-state index is 11.9. The zero-order chi connectivity index (χ0) is 12.8. The van der Waals surface area contributed by atoms with Crippen molar-refractivity contribution in [2.24, 2.45) is 5.92 Å². The first-order chi connectivity index (χ1) is 8.04. The van der Waals surface area contributed by atoms with E-state index in [9.17, 15) is 9.59 Å². The Morgan fingerprint density at radius 2 is 2.24 bits per heavy atom. The second-order valence-electron chi connectivity index (χ2n) is 4.76. The Labute approximate surface area is 102 Å². The summed E-state index contributed by atoms with van der Waals surface area (Å²) in [5.41, 5.74) is 0. The standard InChI is InChI=1S/C12H22N2O3/c1-3-4-10(12(16)17)14-11(15)9-5-6-13-8(2)7-9/h8-10,13H,3-7H2,1-2H3,(H,14,15)(H,16,17). The van der Waals surface area contributed by atoms with Crippen molar-refractivity contribution in [2.75, 3.05) is 6.54 Å². The second kappa shape index (κ2) is 6.59. The number of carbonyl (C=O) groups is 2. The molecular formula is C12H22N2O3. The molecule has 1 heterocycles. The zero-order valence-corrected chi connectivity index (χ0v) is 10.5. The fourth-order valence-electron chi connectivity index (χ4n) is 2.21. The quantitative estimate of drug-likeness (QED) is 0.664. The van der Waals surface area contributed by atoms with Crippen molar-refractivity contribution >= 4 is 11.9 Å². The molecule has 1 amide bonds. The van der Waals surface area contributed by atoms with Crippen molar-refractivity contribution in [3.63, 3.8) is 0 Å². The summed E-state index contributed by atoms with van der Waals surface area (Å²) in [4.78, 5) is 22.9. The maximum Gasteiger partial charge on any atom is 0.326 e. The monoisotopic (exact) mass is 242 g/mol. The Morgan fingerprint density at radius 3 is 2.76 bits per heavy atom. The summed E-state index contributed by atoms with van der Waals surface area (Å²) in [6.07, 6.45) is 2.81. The molecule has 0 radical (unpaired) electrons. The second-order valence-corrected chi connectivity index (χ2v) is 4.76. The van der Waals surface area contributed by atoms with Gasteiger partial charge in [0.05, 0.1) is 0 Å². The van der Waals surface area contributed by atoms with Gasteiger partial charge < -0.3 is 15.7 Å². The fraction of sp³-hybridized carbons (Fsp3) is 0.833. The van der Waals surface area contributed by atoms with E-state index >= 15 is 0 Å². The number of rotatable bonds is 5. The molecule has 1 aliphatic rings. The van der Waals surface area contributed by atoms with Crippen LogP contribution in [-0.4, -0.2) is 35.6 Å². The Bertz CT molecular complexity index is 281. The number of carboxylic acids is 1. The van der Waals surface area contributed by atoms with Gasteiger partial charge in [0.15, 0.2) is 0 Å². The third kappa shape index (κ3) is 4.34. The van der Waals surface area contributed by atoms with Crippen LogP contribution in [0, 0.1) is 5.92 Å². The number of aliphatic carboxylic acids is 1. The van der Waals surface area contributed by atoms with Crippen LogP contribution in [0.25, 0.3) is 0 Å². The average molecular weight is 242 g/mol. The molecule has 17 heavy (non-hydrogen) atoms. The van der Waals surface area contributed by atoms with Gasteiger partial charge in [-0.15, -0.1) is 0 Å². The predicted octanol–water partition coefficient (Wildman–Crippen LogP) is 0.744. The molecule has 3 atom stereocenters. The lowest BCUT2D eigenvalue weighted by Crippen LogP contribution is -2.47. The van der Waals surface area contributed by atoms with E-state index in [-0.39, 0.29) is 11.8 Å². The van der Waals surface area contributed by atoms with Gasteiger partial charge in [-0.1, -0.05) is 13.3 Å². The highest BCUT2D eigenvalue weighted by atomic mass is 16.4. The Balaban J connectivity index is 2.48. The number of piperidine rings is 1. The molecular weight excluding hydrogens is 220 g/mol. The molecule has 0 aromatic carbocycles. The maximum atomic E-state index is 11.9. The van der Waals surface area contributed by atoms with Gasteiger partial charge >= 0.3 is 5.97 Å². The largest absolute Gasteiger partial charge is 0.480 e. The SMILES string of the molecule is CCCC(NC(=O)C1CCNC(C)C1)C(=O)O. The number of carbonyl (C=O) groups excluding carboxylic acids is 1. The third-order valence-corrected chi connectivity index (χ3v) is 3.19. The lowest BCUT2D eigenvalue weighted by Gasteiger charge is -2.28. The molecule has 3 N–H and O–H groups in total. The van der Waals surface area contributed by atoms with Crippen LogP contribution in [0.2, 0.25) is 0 Å². The molecule has 1 rings (SSSR count). The molecule has 0 bridgehead atoms. The summed E-state index contributed by atoms with van der Waals surface area (Å²) in [6.45, 7) is 4.78. The van der Waals surface area contributed by atoms with Crippen LogP contribution in [0.5, 0.6) is 0 Å². The number of carboxylic acid groups (broad SMARTS) is 1. The molecule has 3 unspecified atom stereocenters. The lowest BCUT2D eigenvalue weighted by molar-refractivity contribution is -0.142. The summed E-state index contributed by atoms with van der Waals surface area (Å²) < 4.78 is 0. The van der Waals surface area contributed by atoms with Gasteiger partial charge in [0.1, 0.15) is 6.04 Å². The first kappa shape index (κ1) is 14.0. The highest BCUT2D eigenvalue weighted by molar-refractivity contribution is 5.85. The minimum Gasteiger partial charge on any atom is -0.480 e. The predicted molar refractivity (Wildman–Crippen MR) is 64.7 cm³/mol. The number of hydrogen-bond donors (Lipinski definition) is 3. The summed E-state index contributed by atoms with van der Waals surface area (Å²) in [7, 11) is 0. The van der Waals surface area contributed by atoms with E-state index in [1.165, 1.54) is 0 Å². The summed E-state index contributed by atoms with van der Waals surface area (Å²) >= 11 is 0. The molecule has 5 heteroatoms. The van der Waals surface area contributed by atoms with Gasteiger partial charge in [0, 0.05) is 12.0 Å². The van der Waals surface area contributed by atoms with E-state index in [0.29, 0.717) is 12.5 Å². The zero-order valence-electron chi connectivity index (χ0n) is 10.5. The van der Waals surface area contributed by atoms with E-state index < -0.39 is 12.0 Å². The molecule has 0 saturated carbocycles. The van der Waals surface area contributed by atoms with Gasteiger partial charge in [0.2, 0.25) is 5.91 Å². The summed E-state index contributed by atoms with van der Waals surface area (Å²) in [5.74, 6) is -1.11. The smallest absolute Gasteiger partial charge is 0.326 e. The molecule has 5 nitrogen and oxygen atoms in total. The molecule has 98 valence electrons. The van der Waals surface area contributed by atoms with Crippen molar-refractivity contribution < 1.29 is 14.7 Å². The van der Waals surface area contributed by atoms with E-state index in [0.717, 1.165) is 25.8 Å². The van der Waals surface area contributed by atoms with Gasteiger partial charge in [-0.05, 0) is 32.7 Å². The van der Waals surface area contributed by atoms with E-state index in [4.69, 9.17) is 5.11 Å². The first-order valence-electron chi connectivity index (χ1n) is 6.31. The van der Waals surface area contributed by atoms with Crippen LogP contribution in [0.1, 0.15) is 39.5 Å². The number of amides is 1. The van der Waals surface area contributed by atoms with Crippen LogP contribution >= 0.6 is 0 Å². The van der Waals surface area contributed by atoms with Gasteiger partial charge in [0.25, 0.3) is 0 Å². The van der Waals surface area contributed by atoms with Crippen molar-refractivity contribution in [3.8, 4) is 0 Å². The van der Waals surface area contributed by atoms with Crippen molar-refractivity contribution in [3.05, 3.63) is 0 Å². The average Bonchev–Trinajstić information content (AvgIpc) is 2.28. The summed E-state index contributed by atoms with van der Waals surface area (Å²) in [6, 6.07) is -0.411. The van der Waals surface area contributed by atoms with Crippen molar-refractivity contribution in [1.29, 1.82) is 0 Å². The topological polar surface area (TPSA) is 78.4 Å². The van der Waals surface area contributed by atoms with Crippen molar-refractivity contribution in [1.82, 2.24) is 10.6 Å². The van der Waals surface area contributed by atoms with Crippen molar-refractivity contribution in [2.45, 2.75) is 51.6 Å². The van der Waals surface area contributed by atoms with E-state index in [2.05, 4.69) is 10.6 Å². The highest BCUT2D eigenvalue weighted by Gasteiger charge is 2.27. The van der Waals surface area contributed by atoms with Crippen LogP contribution in [0.4, 0.5) is 0 Å². The first-order valence-corrected chi connectivity index (χ1v) is 6.31. The molecule has 0 aliphatic carbocycles. The fourth-order valence-corrected chi connectivity index (χ4v) is 2.21.